The zero-order chi connectivity index (χ0) is 13.0. The van der Waals surface area contributed by atoms with Crippen molar-refractivity contribution in [2.45, 2.75) is 0 Å². The lowest BCUT2D eigenvalue weighted by atomic mass is 10.2. The van der Waals surface area contributed by atoms with Gasteiger partial charge in [-0.15, -0.1) is 0 Å². The number of carboxylic acids is 1. The Labute approximate surface area is 111 Å². The number of anilines is 1. The summed E-state index contributed by atoms with van der Waals surface area (Å²) < 4.78 is 0. The number of nitrogens with zero attached hydrogens (tertiary/aromatic N) is 2. The van der Waals surface area contributed by atoms with Crippen molar-refractivity contribution in [2.24, 2.45) is 0 Å². The Balaban J connectivity index is 1.92. The predicted octanol–water partition coefficient (Wildman–Crippen LogP) is 2.06. The van der Waals surface area contributed by atoms with Crippen molar-refractivity contribution < 1.29 is 9.90 Å². The number of hydrogen-bond donors (Lipinski definition) is 1. The van der Waals surface area contributed by atoms with Crippen LogP contribution in [0.15, 0.2) is 36.5 Å². The maximum Gasteiger partial charge on any atom is 0.329 e. The van der Waals surface area contributed by atoms with Gasteiger partial charge in [0.25, 0.3) is 0 Å². The van der Waals surface area contributed by atoms with E-state index < -0.39 is 5.97 Å². The summed E-state index contributed by atoms with van der Waals surface area (Å²) in [5.41, 5.74) is 1.12. The summed E-state index contributed by atoms with van der Waals surface area (Å²) in [4.78, 5) is 14.7. The largest absolute Gasteiger partial charge is 0.478 e. The van der Waals surface area contributed by atoms with Crippen LogP contribution < -0.4 is 4.90 Å². The highest BCUT2D eigenvalue weighted by Gasteiger charge is 2.14. The number of carboxylic acid groups (broad SMARTS) is 1. The Morgan fingerprint density at radius 3 is 2.61 bits per heavy atom. The lowest BCUT2D eigenvalue weighted by Crippen LogP contribution is -2.44. The smallest absolute Gasteiger partial charge is 0.329 e. The van der Waals surface area contributed by atoms with E-state index in [2.05, 4.69) is 4.90 Å². The third-order valence-corrected chi connectivity index (χ3v) is 3.15. The number of carbonyl (C=O) groups is 1. The van der Waals surface area contributed by atoms with E-state index in [1.54, 1.807) is 6.20 Å². The highest BCUT2D eigenvalue weighted by molar-refractivity contribution is 6.30. The quantitative estimate of drug-likeness (QED) is 0.851. The van der Waals surface area contributed by atoms with Gasteiger partial charge < -0.3 is 14.9 Å². The molecule has 4 nitrogen and oxygen atoms in total. The second-order valence-corrected chi connectivity index (χ2v) is 4.59. The third kappa shape index (κ3) is 3.40. The van der Waals surface area contributed by atoms with Gasteiger partial charge in [0.1, 0.15) is 0 Å². The molecule has 5 heteroatoms. The molecule has 0 spiro atoms. The molecule has 2 rings (SSSR count). The molecular formula is C13H15ClN2O2. The second kappa shape index (κ2) is 5.78. The van der Waals surface area contributed by atoms with Gasteiger partial charge in [0.05, 0.1) is 0 Å². The van der Waals surface area contributed by atoms with Crippen LogP contribution in [0.2, 0.25) is 5.02 Å². The van der Waals surface area contributed by atoms with Crippen LogP contribution in [0.3, 0.4) is 0 Å². The molecule has 1 saturated heterocycles. The van der Waals surface area contributed by atoms with Crippen LogP contribution in [0.5, 0.6) is 0 Å². The monoisotopic (exact) mass is 266 g/mol. The molecule has 1 aromatic carbocycles. The van der Waals surface area contributed by atoms with Gasteiger partial charge >= 0.3 is 5.97 Å². The van der Waals surface area contributed by atoms with Gasteiger partial charge in [0, 0.05) is 49.2 Å². The molecule has 1 fully saturated rings. The Morgan fingerprint density at radius 2 is 2.00 bits per heavy atom. The van der Waals surface area contributed by atoms with Crippen LogP contribution in [-0.2, 0) is 4.79 Å². The maximum absolute atomic E-state index is 10.4. The average molecular weight is 267 g/mol. The van der Waals surface area contributed by atoms with Crippen molar-refractivity contribution in [3.63, 3.8) is 0 Å². The Kier molecular flexibility index (Phi) is 4.10. The van der Waals surface area contributed by atoms with Crippen molar-refractivity contribution in [1.29, 1.82) is 0 Å². The highest BCUT2D eigenvalue weighted by atomic mass is 35.5. The molecule has 96 valence electrons. The summed E-state index contributed by atoms with van der Waals surface area (Å²) in [5.74, 6) is -0.910. The third-order valence-electron chi connectivity index (χ3n) is 2.92. The van der Waals surface area contributed by atoms with Crippen LogP contribution in [-0.4, -0.2) is 42.2 Å². The minimum atomic E-state index is -0.910. The van der Waals surface area contributed by atoms with Gasteiger partial charge in [0.15, 0.2) is 0 Å². The van der Waals surface area contributed by atoms with E-state index in [9.17, 15) is 4.79 Å². The molecular weight excluding hydrogens is 252 g/mol. The lowest BCUT2D eigenvalue weighted by molar-refractivity contribution is -0.131. The number of halogens is 1. The molecule has 0 unspecified atom stereocenters. The first-order valence-electron chi connectivity index (χ1n) is 5.81. The van der Waals surface area contributed by atoms with Crippen LogP contribution in [0, 0.1) is 0 Å². The van der Waals surface area contributed by atoms with Gasteiger partial charge in [-0.3, -0.25) is 0 Å². The molecule has 0 radical (unpaired) electrons. The fourth-order valence-corrected chi connectivity index (χ4v) is 2.16. The second-order valence-electron chi connectivity index (χ2n) is 4.16. The molecule has 0 aromatic heterocycles. The van der Waals surface area contributed by atoms with Crippen LogP contribution in [0.1, 0.15) is 0 Å². The molecule has 0 bridgehead atoms. The molecule has 0 atom stereocenters. The van der Waals surface area contributed by atoms with E-state index >= 15 is 0 Å². The number of rotatable bonds is 3. The fourth-order valence-electron chi connectivity index (χ4n) is 1.97. The number of benzene rings is 1. The molecule has 18 heavy (non-hydrogen) atoms. The lowest BCUT2D eigenvalue weighted by Gasteiger charge is -2.35. The van der Waals surface area contributed by atoms with E-state index in [0.29, 0.717) is 0 Å². The first-order chi connectivity index (χ1) is 8.65. The minimum absolute atomic E-state index is 0.737. The van der Waals surface area contributed by atoms with E-state index in [0.717, 1.165) is 36.9 Å². The fraction of sp³-hybridized carbons (Fsp3) is 0.308. The standard InChI is InChI=1S/C13H15ClN2O2/c14-11-2-1-3-12(10-11)16-8-6-15(7-9-16)5-4-13(17)18/h1-5,10H,6-9H2,(H,17,18). The first-order valence-corrected chi connectivity index (χ1v) is 6.18. The molecule has 0 amide bonds. The van der Waals surface area contributed by atoms with Crippen LogP contribution in [0.25, 0.3) is 0 Å². The molecule has 1 aromatic rings. The topological polar surface area (TPSA) is 43.8 Å². The van der Waals surface area contributed by atoms with E-state index in [1.807, 2.05) is 29.2 Å². The SMILES string of the molecule is O=C(O)C=CN1CCN(c2cccc(Cl)c2)CC1. The number of piperazine rings is 1. The average Bonchev–Trinajstić information content (AvgIpc) is 2.37. The molecule has 0 aliphatic carbocycles. The summed E-state index contributed by atoms with van der Waals surface area (Å²) in [7, 11) is 0. The van der Waals surface area contributed by atoms with E-state index in [-0.39, 0.29) is 0 Å². The van der Waals surface area contributed by atoms with Gasteiger partial charge in [-0.2, -0.15) is 0 Å². The maximum atomic E-state index is 10.4. The van der Waals surface area contributed by atoms with Crippen molar-refractivity contribution in [3.05, 3.63) is 41.6 Å². The van der Waals surface area contributed by atoms with Crippen LogP contribution >= 0.6 is 11.6 Å². The van der Waals surface area contributed by atoms with Gasteiger partial charge in [0.2, 0.25) is 0 Å². The highest BCUT2D eigenvalue weighted by Crippen LogP contribution is 2.20. The summed E-state index contributed by atoms with van der Waals surface area (Å²) in [5, 5.41) is 9.30. The Bertz CT molecular complexity index is 454. The summed E-state index contributed by atoms with van der Waals surface area (Å²) in [6, 6.07) is 7.78. The molecule has 0 saturated carbocycles. The summed E-state index contributed by atoms with van der Waals surface area (Å²) in [6.45, 7) is 3.36. The molecule has 1 N–H and O–H groups in total. The summed E-state index contributed by atoms with van der Waals surface area (Å²) in [6.07, 6.45) is 2.81. The zero-order valence-corrected chi connectivity index (χ0v) is 10.7. The summed E-state index contributed by atoms with van der Waals surface area (Å²) >= 11 is 5.96. The minimum Gasteiger partial charge on any atom is -0.478 e. The number of aliphatic carboxylic acids is 1. The van der Waals surface area contributed by atoms with Gasteiger partial charge in [-0.25, -0.2) is 4.79 Å². The van der Waals surface area contributed by atoms with Gasteiger partial charge in [-0.1, -0.05) is 17.7 Å². The van der Waals surface area contributed by atoms with Crippen molar-refractivity contribution in [3.8, 4) is 0 Å². The van der Waals surface area contributed by atoms with E-state index in [4.69, 9.17) is 16.7 Å². The van der Waals surface area contributed by atoms with Crippen molar-refractivity contribution in [2.75, 3.05) is 31.1 Å². The Morgan fingerprint density at radius 1 is 1.28 bits per heavy atom. The van der Waals surface area contributed by atoms with Gasteiger partial charge in [-0.05, 0) is 18.2 Å². The first kappa shape index (κ1) is 12.8. The molecule has 1 aliphatic heterocycles. The molecule has 1 aliphatic rings. The number of hydrogen-bond acceptors (Lipinski definition) is 3. The predicted molar refractivity (Wildman–Crippen MR) is 72.0 cm³/mol. The molecule has 1 heterocycles. The van der Waals surface area contributed by atoms with E-state index in [1.165, 1.54) is 6.08 Å². The Hall–Kier alpha value is -1.68. The zero-order valence-electron chi connectivity index (χ0n) is 9.92. The van der Waals surface area contributed by atoms with Crippen LogP contribution in [0.4, 0.5) is 5.69 Å². The van der Waals surface area contributed by atoms with Crippen molar-refractivity contribution >= 4 is 23.3 Å². The van der Waals surface area contributed by atoms with Crippen molar-refractivity contribution in [1.82, 2.24) is 4.90 Å². The normalized spacial score (nSPS) is 16.3.